The van der Waals surface area contributed by atoms with Gasteiger partial charge in [-0.3, -0.25) is 4.79 Å². The van der Waals surface area contributed by atoms with E-state index in [0.29, 0.717) is 31.9 Å². The lowest BCUT2D eigenvalue weighted by Gasteiger charge is -2.09. The Labute approximate surface area is 144 Å². The van der Waals surface area contributed by atoms with Crippen molar-refractivity contribution in [3.05, 3.63) is 57.0 Å². The SMILES string of the molecule is O=C1Nc2ccc(Cl)cc2/C1=C\c1cc(Br)ccc1OC(F)F. The summed E-state index contributed by atoms with van der Waals surface area (Å²) >= 11 is 9.24. The first-order valence-electron chi connectivity index (χ1n) is 6.51. The number of ether oxygens (including phenoxy) is 1. The molecule has 23 heavy (non-hydrogen) atoms. The Morgan fingerprint density at radius 1 is 1.22 bits per heavy atom. The van der Waals surface area contributed by atoms with Crippen LogP contribution in [0.3, 0.4) is 0 Å². The van der Waals surface area contributed by atoms with Gasteiger partial charge in [0.2, 0.25) is 0 Å². The Bertz CT molecular complexity index is 824. The zero-order chi connectivity index (χ0) is 16.6. The number of alkyl halides is 2. The summed E-state index contributed by atoms with van der Waals surface area (Å²) in [5.41, 5.74) is 1.93. The molecule has 0 saturated carbocycles. The van der Waals surface area contributed by atoms with E-state index < -0.39 is 6.61 Å². The number of carbonyl (C=O) groups excluding carboxylic acids is 1. The van der Waals surface area contributed by atoms with Crippen LogP contribution in [-0.4, -0.2) is 12.5 Å². The molecule has 0 fully saturated rings. The smallest absolute Gasteiger partial charge is 0.387 e. The zero-order valence-corrected chi connectivity index (χ0v) is 13.8. The molecule has 0 aliphatic carbocycles. The Hall–Kier alpha value is -1.92. The van der Waals surface area contributed by atoms with E-state index in [0.717, 1.165) is 0 Å². The minimum absolute atomic E-state index is 0.0148. The molecule has 3 nitrogen and oxygen atoms in total. The lowest BCUT2D eigenvalue weighted by atomic mass is 10.0. The van der Waals surface area contributed by atoms with E-state index in [1.807, 2.05) is 0 Å². The van der Waals surface area contributed by atoms with E-state index in [-0.39, 0.29) is 11.7 Å². The van der Waals surface area contributed by atoms with E-state index in [1.165, 1.54) is 12.1 Å². The predicted molar refractivity (Wildman–Crippen MR) is 88.7 cm³/mol. The van der Waals surface area contributed by atoms with Gasteiger partial charge in [0, 0.05) is 31.9 Å². The molecule has 1 heterocycles. The highest BCUT2D eigenvalue weighted by atomic mass is 79.9. The fraction of sp³-hybridized carbons (Fsp3) is 0.0625. The van der Waals surface area contributed by atoms with Crippen molar-refractivity contribution in [2.24, 2.45) is 0 Å². The van der Waals surface area contributed by atoms with E-state index >= 15 is 0 Å². The molecule has 3 rings (SSSR count). The molecule has 2 aromatic rings. The molecule has 7 heteroatoms. The maximum atomic E-state index is 12.5. The number of halogens is 4. The third-order valence-electron chi connectivity index (χ3n) is 3.25. The van der Waals surface area contributed by atoms with Gasteiger partial charge in [0.05, 0.1) is 0 Å². The van der Waals surface area contributed by atoms with E-state index in [1.54, 1.807) is 30.3 Å². The normalized spacial score (nSPS) is 15.0. The number of carbonyl (C=O) groups is 1. The van der Waals surface area contributed by atoms with Crippen LogP contribution in [0, 0.1) is 0 Å². The van der Waals surface area contributed by atoms with Crippen molar-refractivity contribution in [1.82, 2.24) is 0 Å². The first-order chi connectivity index (χ1) is 10.9. The Morgan fingerprint density at radius 3 is 2.74 bits per heavy atom. The summed E-state index contributed by atoms with van der Waals surface area (Å²) in [5.74, 6) is -0.343. The number of rotatable bonds is 3. The third-order valence-corrected chi connectivity index (χ3v) is 3.98. The van der Waals surface area contributed by atoms with Gasteiger partial charge in [-0.15, -0.1) is 0 Å². The van der Waals surface area contributed by atoms with Crippen molar-refractivity contribution in [1.29, 1.82) is 0 Å². The standard InChI is InChI=1S/C16H9BrClF2NO2/c17-9-1-4-14(23-16(19)20)8(5-9)6-12-11-7-10(18)2-3-13(11)21-15(12)22/h1-7,16H,(H,21,22)/b12-6+. The molecular formula is C16H9BrClF2NO2. The molecule has 0 bridgehead atoms. The zero-order valence-electron chi connectivity index (χ0n) is 11.4. The second-order valence-electron chi connectivity index (χ2n) is 4.76. The summed E-state index contributed by atoms with van der Waals surface area (Å²) in [6.07, 6.45) is 1.50. The quantitative estimate of drug-likeness (QED) is 0.720. The van der Waals surface area contributed by atoms with Gasteiger partial charge in [-0.1, -0.05) is 27.5 Å². The average molecular weight is 401 g/mol. The summed E-state index contributed by atoms with van der Waals surface area (Å²) in [6, 6.07) is 9.59. The molecule has 0 atom stereocenters. The second kappa shape index (κ2) is 6.29. The largest absolute Gasteiger partial charge is 0.434 e. The molecule has 118 valence electrons. The Kier molecular flexibility index (Phi) is 4.37. The monoisotopic (exact) mass is 399 g/mol. The molecule has 0 saturated heterocycles. The van der Waals surface area contributed by atoms with Gasteiger partial charge in [-0.05, 0) is 42.5 Å². The maximum absolute atomic E-state index is 12.5. The van der Waals surface area contributed by atoms with Crippen LogP contribution in [0.15, 0.2) is 40.9 Å². The number of hydrogen-bond acceptors (Lipinski definition) is 2. The maximum Gasteiger partial charge on any atom is 0.387 e. The van der Waals surface area contributed by atoms with E-state index in [2.05, 4.69) is 26.0 Å². The van der Waals surface area contributed by atoms with Gasteiger partial charge >= 0.3 is 6.61 Å². The average Bonchev–Trinajstić information content (AvgIpc) is 2.77. The van der Waals surface area contributed by atoms with Crippen LogP contribution in [0.4, 0.5) is 14.5 Å². The van der Waals surface area contributed by atoms with E-state index in [9.17, 15) is 13.6 Å². The Balaban J connectivity index is 2.10. The molecule has 1 aliphatic rings. The van der Waals surface area contributed by atoms with Gasteiger partial charge in [-0.25, -0.2) is 0 Å². The van der Waals surface area contributed by atoms with Gasteiger partial charge in [0.1, 0.15) is 5.75 Å². The number of hydrogen-bond donors (Lipinski definition) is 1. The summed E-state index contributed by atoms with van der Waals surface area (Å²) in [5, 5.41) is 3.18. The summed E-state index contributed by atoms with van der Waals surface area (Å²) in [7, 11) is 0. The molecule has 0 radical (unpaired) electrons. The van der Waals surface area contributed by atoms with Crippen molar-refractivity contribution in [3.63, 3.8) is 0 Å². The van der Waals surface area contributed by atoms with Gasteiger partial charge in [-0.2, -0.15) is 8.78 Å². The van der Waals surface area contributed by atoms with Crippen LogP contribution >= 0.6 is 27.5 Å². The summed E-state index contributed by atoms with van der Waals surface area (Å²) in [6.45, 7) is -2.95. The molecule has 1 N–H and O–H groups in total. The fourth-order valence-electron chi connectivity index (χ4n) is 2.29. The van der Waals surface area contributed by atoms with Crippen molar-refractivity contribution in [2.75, 3.05) is 5.32 Å². The van der Waals surface area contributed by atoms with Crippen LogP contribution in [0.2, 0.25) is 5.02 Å². The van der Waals surface area contributed by atoms with Gasteiger partial charge < -0.3 is 10.1 Å². The molecule has 0 spiro atoms. The van der Waals surface area contributed by atoms with Gasteiger partial charge in [0.25, 0.3) is 5.91 Å². The van der Waals surface area contributed by atoms with Crippen LogP contribution < -0.4 is 10.1 Å². The lowest BCUT2D eigenvalue weighted by Crippen LogP contribution is -2.05. The molecular weight excluding hydrogens is 392 g/mol. The van der Waals surface area contributed by atoms with Crippen LogP contribution in [0.5, 0.6) is 5.75 Å². The third kappa shape index (κ3) is 3.38. The number of benzene rings is 2. The summed E-state index contributed by atoms with van der Waals surface area (Å²) in [4.78, 5) is 12.1. The van der Waals surface area contributed by atoms with Crippen LogP contribution in [-0.2, 0) is 4.79 Å². The van der Waals surface area contributed by atoms with Crippen LogP contribution in [0.1, 0.15) is 11.1 Å². The predicted octanol–water partition coefficient (Wildman–Crippen LogP) is 5.20. The van der Waals surface area contributed by atoms with Crippen molar-refractivity contribution < 1.29 is 18.3 Å². The Morgan fingerprint density at radius 2 is 2.00 bits per heavy atom. The number of nitrogens with one attached hydrogen (secondary N) is 1. The lowest BCUT2D eigenvalue weighted by molar-refractivity contribution is -0.110. The van der Waals surface area contributed by atoms with Crippen molar-refractivity contribution in [3.8, 4) is 5.75 Å². The van der Waals surface area contributed by atoms with Crippen molar-refractivity contribution in [2.45, 2.75) is 6.61 Å². The molecule has 0 unspecified atom stereocenters. The second-order valence-corrected chi connectivity index (χ2v) is 6.11. The number of anilines is 1. The molecule has 0 aromatic heterocycles. The first-order valence-corrected chi connectivity index (χ1v) is 7.68. The number of amides is 1. The summed E-state index contributed by atoms with van der Waals surface area (Å²) < 4.78 is 30.2. The minimum atomic E-state index is -2.95. The van der Waals surface area contributed by atoms with Gasteiger partial charge in [0.15, 0.2) is 0 Å². The van der Waals surface area contributed by atoms with Crippen LogP contribution in [0.25, 0.3) is 11.6 Å². The fourth-order valence-corrected chi connectivity index (χ4v) is 2.85. The highest BCUT2D eigenvalue weighted by Gasteiger charge is 2.25. The van der Waals surface area contributed by atoms with E-state index in [4.69, 9.17) is 11.6 Å². The molecule has 1 amide bonds. The highest BCUT2D eigenvalue weighted by Crippen LogP contribution is 2.37. The first kappa shape index (κ1) is 16.0. The number of fused-ring (bicyclic) bond motifs is 1. The molecule has 1 aliphatic heterocycles. The topological polar surface area (TPSA) is 38.3 Å². The molecule has 2 aromatic carbocycles. The highest BCUT2D eigenvalue weighted by molar-refractivity contribution is 9.10. The minimum Gasteiger partial charge on any atom is -0.434 e. The van der Waals surface area contributed by atoms with Crippen molar-refractivity contribution >= 4 is 50.8 Å².